The van der Waals surface area contributed by atoms with Crippen molar-refractivity contribution in [2.24, 2.45) is 0 Å². The fourth-order valence-corrected chi connectivity index (χ4v) is 3.18. The molecule has 3 heterocycles. The molecule has 3 aromatic rings. The number of nitrogens with one attached hydrogen (secondary N) is 2. The maximum atomic E-state index is 12.5. The van der Waals surface area contributed by atoms with E-state index >= 15 is 0 Å². The molecule has 4 rings (SSSR count). The molecule has 27 heavy (non-hydrogen) atoms. The van der Waals surface area contributed by atoms with E-state index in [1.54, 1.807) is 0 Å². The number of carbonyl (C=O) groups excluding carboxylic acids is 2. The van der Waals surface area contributed by atoms with E-state index in [4.69, 9.17) is 0 Å². The van der Waals surface area contributed by atoms with Crippen molar-refractivity contribution >= 4 is 28.5 Å². The minimum Gasteiger partial charge on any atom is -0.344 e. The average molecular weight is 360 g/mol. The molecule has 0 spiro atoms. The number of nitriles is 1. The molecule has 2 N–H and O–H groups in total. The molecule has 0 radical (unpaired) electrons. The summed E-state index contributed by atoms with van der Waals surface area (Å²) in [5, 5.41) is 20.0. The highest BCUT2D eigenvalue weighted by Gasteiger charge is 2.28. The van der Waals surface area contributed by atoms with Crippen LogP contribution in [0.1, 0.15) is 24.0 Å². The Labute approximate surface area is 154 Å². The van der Waals surface area contributed by atoms with Crippen LogP contribution >= 0.6 is 0 Å². The quantitative estimate of drug-likeness (QED) is 0.740. The van der Waals surface area contributed by atoms with Crippen LogP contribution < -0.4 is 10.6 Å². The molecule has 134 valence electrons. The van der Waals surface area contributed by atoms with Gasteiger partial charge in [-0.05, 0) is 31.0 Å². The zero-order valence-electron chi connectivity index (χ0n) is 14.6. The van der Waals surface area contributed by atoms with Gasteiger partial charge in [0.15, 0.2) is 11.6 Å². The van der Waals surface area contributed by atoms with Gasteiger partial charge in [0.05, 0.1) is 11.7 Å². The number of fused-ring (bicyclic) bond motifs is 1. The minimum atomic E-state index is -0.612. The molecule has 1 saturated heterocycles. The van der Waals surface area contributed by atoms with Gasteiger partial charge in [-0.3, -0.25) is 9.59 Å². The van der Waals surface area contributed by atoms with E-state index in [-0.39, 0.29) is 23.2 Å². The zero-order valence-corrected chi connectivity index (χ0v) is 14.6. The number of rotatable bonds is 3. The van der Waals surface area contributed by atoms with E-state index < -0.39 is 6.04 Å². The zero-order chi connectivity index (χ0) is 19.0. The van der Waals surface area contributed by atoms with Crippen LogP contribution in [0, 0.1) is 18.3 Å². The Kier molecular flexibility index (Phi) is 4.05. The highest BCUT2D eigenvalue weighted by atomic mass is 16.2. The molecule has 2 aromatic heterocycles. The summed E-state index contributed by atoms with van der Waals surface area (Å²) in [6.07, 6.45) is 2.12. The third kappa shape index (κ3) is 3.00. The molecule has 1 aromatic carbocycles. The first-order chi connectivity index (χ1) is 13.1. The Morgan fingerprint density at radius 2 is 2.22 bits per heavy atom. The molecule has 8 nitrogen and oxygen atoms in total. The van der Waals surface area contributed by atoms with Gasteiger partial charge >= 0.3 is 0 Å². The first kappa shape index (κ1) is 16.7. The largest absolute Gasteiger partial charge is 0.344 e. The molecule has 8 heteroatoms. The van der Waals surface area contributed by atoms with Gasteiger partial charge in [-0.25, -0.2) is 4.98 Å². The second-order valence-electron chi connectivity index (χ2n) is 6.39. The lowest BCUT2D eigenvalue weighted by molar-refractivity contribution is -0.122. The summed E-state index contributed by atoms with van der Waals surface area (Å²) in [7, 11) is 0. The molecule has 0 saturated carbocycles. The van der Waals surface area contributed by atoms with E-state index in [1.807, 2.05) is 43.3 Å². The summed E-state index contributed by atoms with van der Waals surface area (Å²) in [6.45, 7) is 1.97. The van der Waals surface area contributed by atoms with Crippen LogP contribution in [0.2, 0.25) is 0 Å². The number of nitrogens with zero attached hydrogens (tertiary/aromatic N) is 4. The summed E-state index contributed by atoms with van der Waals surface area (Å²) in [5.41, 5.74) is 2.02. The standard InChI is InChI=1S/C19H16N6O2/c1-11-8-16(22-14-5-3-2-4-13(11)14)25-18(12(9-20)10-21-25)24-19(27)15-6-7-17(26)23-15/h2-5,8,10,15H,6-7H2,1H3,(H,23,26)(H,24,27). The summed E-state index contributed by atoms with van der Waals surface area (Å²) >= 11 is 0. The fraction of sp³-hybridized carbons (Fsp3) is 0.211. The summed E-state index contributed by atoms with van der Waals surface area (Å²) in [5.74, 6) is 0.205. The van der Waals surface area contributed by atoms with Crippen LogP contribution in [0.15, 0.2) is 36.5 Å². The maximum Gasteiger partial charge on any atom is 0.248 e. The van der Waals surface area contributed by atoms with Crippen molar-refractivity contribution in [3.05, 3.63) is 47.7 Å². The van der Waals surface area contributed by atoms with E-state index in [0.717, 1.165) is 16.5 Å². The Bertz CT molecular complexity index is 1110. The number of aromatic nitrogens is 3. The number of hydrogen-bond donors (Lipinski definition) is 2. The van der Waals surface area contributed by atoms with E-state index in [1.165, 1.54) is 10.9 Å². The Hall–Kier alpha value is -3.73. The van der Waals surface area contributed by atoms with Crippen LogP contribution in [0.5, 0.6) is 0 Å². The van der Waals surface area contributed by atoms with Crippen LogP contribution in [0.3, 0.4) is 0 Å². The number of aryl methyl sites for hydroxylation is 1. The van der Waals surface area contributed by atoms with Crippen LogP contribution in [0.25, 0.3) is 16.7 Å². The van der Waals surface area contributed by atoms with Crippen LogP contribution in [0.4, 0.5) is 5.82 Å². The summed E-state index contributed by atoms with van der Waals surface area (Å²) in [6, 6.07) is 11.0. The van der Waals surface area contributed by atoms with E-state index in [0.29, 0.717) is 18.7 Å². The lowest BCUT2D eigenvalue weighted by Crippen LogP contribution is -2.37. The topological polar surface area (TPSA) is 113 Å². The number of amides is 2. The van der Waals surface area contributed by atoms with Crippen molar-refractivity contribution in [3.63, 3.8) is 0 Å². The van der Waals surface area contributed by atoms with Crippen molar-refractivity contribution in [1.82, 2.24) is 20.1 Å². The number of carbonyl (C=O) groups is 2. The predicted octanol–water partition coefficient (Wildman–Crippen LogP) is 1.82. The summed E-state index contributed by atoms with van der Waals surface area (Å²) < 4.78 is 1.44. The highest BCUT2D eigenvalue weighted by Crippen LogP contribution is 2.24. The molecular formula is C19H16N6O2. The number of pyridine rings is 1. The van der Waals surface area contributed by atoms with E-state index in [2.05, 4.69) is 20.7 Å². The minimum absolute atomic E-state index is 0.156. The molecule has 1 unspecified atom stereocenters. The number of hydrogen-bond acceptors (Lipinski definition) is 5. The van der Waals surface area contributed by atoms with Gasteiger partial charge in [0, 0.05) is 11.8 Å². The van der Waals surface area contributed by atoms with Gasteiger partial charge in [-0.1, -0.05) is 18.2 Å². The van der Waals surface area contributed by atoms with Gasteiger partial charge in [0.1, 0.15) is 17.7 Å². The third-order valence-corrected chi connectivity index (χ3v) is 4.57. The summed E-state index contributed by atoms with van der Waals surface area (Å²) in [4.78, 5) is 28.5. The number of benzene rings is 1. The van der Waals surface area contributed by atoms with Crippen molar-refractivity contribution in [1.29, 1.82) is 5.26 Å². The maximum absolute atomic E-state index is 12.5. The van der Waals surface area contributed by atoms with Crippen molar-refractivity contribution < 1.29 is 9.59 Å². The lowest BCUT2D eigenvalue weighted by Gasteiger charge is -2.13. The fourth-order valence-electron chi connectivity index (χ4n) is 3.18. The van der Waals surface area contributed by atoms with Gasteiger partial charge in [0.2, 0.25) is 11.8 Å². The first-order valence-corrected chi connectivity index (χ1v) is 8.52. The second-order valence-corrected chi connectivity index (χ2v) is 6.39. The SMILES string of the molecule is Cc1cc(-n2ncc(C#N)c2NC(=O)C2CCC(=O)N2)nc2ccccc12. The average Bonchev–Trinajstić information content (AvgIpc) is 3.28. The molecule has 1 atom stereocenters. The van der Waals surface area contributed by atoms with Gasteiger partial charge in [-0.15, -0.1) is 0 Å². The van der Waals surface area contributed by atoms with Crippen molar-refractivity contribution in [2.75, 3.05) is 5.32 Å². The predicted molar refractivity (Wildman–Crippen MR) is 98.1 cm³/mol. The van der Waals surface area contributed by atoms with Crippen LogP contribution in [-0.2, 0) is 9.59 Å². The smallest absolute Gasteiger partial charge is 0.248 e. The molecule has 0 bridgehead atoms. The number of para-hydroxylation sites is 1. The van der Waals surface area contributed by atoms with Crippen molar-refractivity contribution in [2.45, 2.75) is 25.8 Å². The van der Waals surface area contributed by atoms with Gasteiger partial charge in [0.25, 0.3) is 0 Å². The molecule has 1 aliphatic heterocycles. The van der Waals surface area contributed by atoms with Crippen LogP contribution in [-0.4, -0.2) is 32.6 Å². The first-order valence-electron chi connectivity index (χ1n) is 8.52. The molecule has 2 amide bonds. The number of anilines is 1. The van der Waals surface area contributed by atoms with Gasteiger partial charge in [-0.2, -0.15) is 15.0 Å². The Morgan fingerprint density at radius 3 is 2.96 bits per heavy atom. The van der Waals surface area contributed by atoms with E-state index in [9.17, 15) is 14.9 Å². The molecular weight excluding hydrogens is 344 g/mol. The monoisotopic (exact) mass is 360 g/mol. The highest BCUT2D eigenvalue weighted by molar-refractivity contribution is 5.99. The van der Waals surface area contributed by atoms with Crippen molar-refractivity contribution in [3.8, 4) is 11.9 Å². The lowest BCUT2D eigenvalue weighted by atomic mass is 10.1. The molecule has 0 aliphatic carbocycles. The second kappa shape index (κ2) is 6.53. The molecule has 1 aliphatic rings. The third-order valence-electron chi connectivity index (χ3n) is 4.57. The molecule has 1 fully saturated rings. The normalized spacial score (nSPS) is 16.1. The Balaban J connectivity index is 1.74. The van der Waals surface area contributed by atoms with Gasteiger partial charge < -0.3 is 10.6 Å². The Morgan fingerprint density at radius 1 is 1.41 bits per heavy atom.